The van der Waals surface area contributed by atoms with Crippen molar-refractivity contribution in [2.75, 3.05) is 36.0 Å². The molecule has 2 aromatic carbocycles. The molecule has 0 N–H and O–H groups in total. The first kappa shape index (κ1) is 28.5. The molecule has 0 saturated heterocycles. The van der Waals surface area contributed by atoms with Crippen molar-refractivity contribution < 1.29 is 9.13 Å². The zero-order chi connectivity index (χ0) is 27.8. The van der Waals surface area contributed by atoms with Gasteiger partial charge in [0.05, 0.1) is 24.3 Å². The van der Waals surface area contributed by atoms with Crippen LogP contribution in [-0.2, 0) is 14.1 Å². The maximum Gasteiger partial charge on any atom is 0.408 e. The zero-order valence-corrected chi connectivity index (χ0v) is 25.3. The monoisotopic (exact) mass is 562 g/mol. The van der Waals surface area contributed by atoms with E-state index < -0.39 is 0 Å². The maximum atomic E-state index is 4.45. The third-order valence-corrected chi connectivity index (χ3v) is 8.36. The lowest BCUT2D eigenvalue weighted by molar-refractivity contribution is -0.654. The Morgan fingerprint density at radius 3 is 1.44 bits per heavy atom. The number of benzene rings is 2. The number of rotatable bonds is 12. The molecule has 0 aliphatic carbocycles. The van der Waals surface area contributed by atoms with Crippen molar-refractivity contribution in [2.24, 2.45) is 34.6 Å². The van der Waals surface area contributed by atoms with Crippen molar-refractivity contribution in [3.8, 4) is 0 Å². The molecule has 39 heavy (non-hydrogen) atoms. The fourth-order valence-electron chi connectivity index (χ4n) is 4.51. The summed E-state index contributed by atoms with van der Waals surface area (Å²) < 4.78 is 3.95. The summed E-state index contributed by atoms with van der Waals surface area (Å²) >= 11 is 3.16. The molecular formula is C29H38N8S2+2. The lowest BCUT2D eigenvalue weighted by Gasteiger charge is -2.29. The van der Waals surface area contributed by atoms with Crippen LogP contribution >= 0.6 is 22.7 Å². The molecule has 0 bridgehead atoms. The maximum absolute atomic E-state index is 4.45. The molecule has 0 fully saturated rings. The van der Waals surface area contributed by atoms with E-state index in [0.29, 0.717) is 0 Å². The Morgan fingerprint density at radius 2 is 1.10 bits per heavy atom. The molecule has 0 unspecified atom stereocenters. The number of hydrogen-bond acceptors (Lipinski definition) is 8. The van der Waals surface area contributed by atoms with E-state index in [0.717, 1.165) is 54.2 Å². The molecule has 0 saturated carbocycles. The molecule has 2 heterocycles. The van der Waals surface area contributed by atoms with Gasteiger partial charge in [-0.1, -0.05) is 0 Å². The van der Waals surface area contributed by atoms with Crippen LogP contribution in [0.1, 0.15) is 31.4 Å². The second kappa shape index (κ2) is 13.5. The molecular weight excluding hydrogens is 525 g/mol. The summed E-state index contributed by atoms with van der Waals surface area (Å²) in [6.07, 6.45) is 5.04. The van der Waals surface area contributed by atoms with Crippen LogP contribution in [0.5, 0.6) is 0 Å². The Bertz CT molecular complexity index is 1330. The van der Waals surface area contributed by atoms with Gasteiger partial charge >= 0.3 is 10.3 Å². The average Bonchev–Trinajstić information content (AvgIpc) is 3.54. The van der Waals surface area contributed by atoms with E-state index in [2.05, 4.69) is 94.3 Å². The highest BCUT2D eigenvalue weighted by Crippen LogP contribution is 2.29. The second-order valence-corrected chi connectivity index (χ2v) is 11.2. The lowest BCUT2D eigenvalue weighted by atomic mass is 10.1. The molecule has 0 atom stereocenters. The molecule has 10 heteroatoms. The summed E-state index contributed by atoms with van der Waals surface area (Å²) in [5, 5.41) is 23.5. The predicted octanol–water partition coefficient (Wildman–Crippen LogP) is 7.65. The van der Waals surface area contributed by atoms with E-state index in [4.69, 9.17) is 0 Å². The van der Waals surface area contributed by atoms with Gasteiger partial charge in [-0.05, 0) is 115 Å². The molecule has 0 aliphatic heterocycles. The van der Waals surface area contributed by atoms with Crippen molar-refractivity contribution in [3.63, 3.8) is 0 Å². The minimum atomic E-state index is 0.876. The molecule has 4 aromatic rings. The van der Waals surface area contributed by atoms with Gasteiger partial charge in [-0.15, -0.1) is 0 Å². The molecule has 2 aromatic heterocycles. The molecule has 204 valence electrons. The van der Waals surface area contributed by atoms with E-state index in [1.165, 1.54) is 22.5 Å². The van der Waals surface area contributed by atoms with Crippen LogP contribution in [0.25, 0.3) is 0 Å². The largest absolute Gasteiger partial charge is 0.408 e. The summed E-state index contributed by atoms with van der Waals surface area (Å²) in [4.78, 5) is 4.90. The van der Waals surface area contributed by atoms with E-state index in [1.54, 1.807) is 22.7 Å². The van der Waals surface area contributed by atoms with Crippen molar-refractivity contribution >= 4 is 55.7 Å². The summed E-state index contributed by atoms with van der Waals surface area (Å²) in [5.41, 5.74) is 6.69. The molecule has 0 spiro atoms. The topological polar surface area (TPSA) is 63.7 Å². The Hall–Kier alpha value is -3.50. The number of anilines is 2. The Morgan fingerprint density at radius 1 is 0.667 bits per heavy atom. The molecule has 0 radical (unpaired) electrons. The molecule has 8 nitrogen and oxygen atoms in total. The number of hydrogen-bond donors (Lipinski definition) is 0. The van der Waals surface area contributed by atoms with E-state index in [9.17, 15) is 0 Å². The van der Waals surface area contributed by atoms with E-state index in [-0.39, 0.29) is 0 Å². The van der Waals surface area contributed by atoms with Crippen LogP contribution in [0, 0.1) is 13.8 Å². The van der Waals surface area contributed by atoms with Crippen LogP contribution in [0.4, 0.5) is 33.0 Å². The minimum Gasteiger partial charge on any atom is -0.372 e. The van der Waals surface area contributed by atoms with Crippen molar-refractivity contribution in [2.45, 2.75) is 34.1 Å². The van der Waals surface area contributed by atoms with Gasteiger partial charge in [0.1, 0.15) is 23.8 Å². The van der Waals surface area contributed by atoms with Crippen molar-refractivity contribution in [3.05, 3.63) is 70.7 Å². The van der Waals surface area contributed by atoms with Gasteiger partial charge in [0.25, 0.3) is 0 Å². The van der Waals surface area contributed by atoms with E-state index >= 15 is 0 Å². The smallest absolute Gasteiger partial charge is 0.372 e. The molecule has 0 aliphatic rings. The van der Waals surface area contributed by atoms with Crippen LogP contribution < -0.4 is 18.9 Å². The Kier molecular flexibility index (Phi) is 9.89. The van der Waals surface area contributed by atoms with Crippen LogP contribution in [0.3, 0.4) is 0 Å². The van der Waals surface area contributed by atoms with Gasteiger partial charge in [-0.3, -0.25) is 0 Å². The first-order valence-electron chi connectivity index (χ1n) is 13.3. The lowest BCUT2D eigenvalue weighted by Crippen LogP contribution is -2.30. The van der Waals surface area contributed by atoms with E-state index in [1.807, 2.05) is 46.4 Å². The van der Waals surface area contributed by atoms with Crippen LogP contribution in [0.15, 0.2) is 80.0 Å². The number of thiazole rings is 2. The highest BCUT2D eigenvalue weighted by Gasteiger charge is 2.13. The van der Waals surface area contributed by atoms with Crippen LogP contribution in [-0.4, -0.2) is 26.2 Å². The highest BCUT2D eigenvalue weighted by molar-refractivity contribution is 7.13. The number of azo groups is 2. The first-order valence-corrected chi connectivity index (χ1v) is 15.1. The van der Waals surface area contributed by atoms with Gasteiger partial charge in [0.2, 0.25) is 0 Å². The van der Waals surface area contributed by atoms with Gasteiger partial charge in [-0.25, -0.2) is 9.13 Å². The fraction of sp³-hybridized carbons (Fsp3) is 0.379. The standard InChI is InChI=1S/C29H38N8S2/c1-7-36(26-12-10-24(20-22(26)3)30-32-28-34(5)16-18-38-28)14-9-15-37(8-2)27-13-11-25(21-23(27)4)31-33-29-35(6)17-19-39-29/h10-13,16-21H,7-9,14-15H2,1-6H3/q+2. The number of aromatic nitrogens is 2. The summed E-state index contributed by atoms with van der Waals surface area (Å²) in [6, 6.07) is 12.7. The number of nitrogens with zero attached hydrogens (tertiary/aromatic N) is 8. The van der Waals surface area contributed by atoms with Gasteiger partial charge in [0, 0.05) is 48.3 Å². The summed E-state index contributed by atoms with van der Waals surface area (Å²) in [5.74, 6) is 0. The van der Waals surface area contributed by atoms with Crippen molar-refractivity contribution in [1.82, 2.24) is 0 Å². The second-order valence-electron chi connectivity index (χ2n) is 9.45. The summed E-state index contributed by atoms with van der Waals surface area (Å²) in [7, 11) is 3.96. The van der Waals surface area contributed by atoms with Gasteiger partial charge in [0.15, 0.2) is 0 Å². The predicted molar refractivity (Wildman–Crippen MR) is 162 cm³/mol. The minimum absolute atomic E-state index is 0.876. The Labute approximate surface area is 239 Å². The zero-order valence-electron chi connectivity index (χ0n) is 23.7. The quantitative estimate of drug-likeness (QED) is 0.131. The van der Waals surface area contributed by atoms with Crippen molar-refractivity contribution in [1.29, 1.82) is 0 Å². The highest BCUT2D eigenvalue weighted by atomic mass is 32.1. The SMILES string of the molecule is CCN(CCCN(CC)c1ccc(N=Nc2scc[n+]2C)cc1C)c1ccc(N=Nc2scc[n+]2C)cc1C. The average molecular weight is 563 g/mol. The Balaban J connectivity index is 1.36. The normalized spacial score (nSPS) is 11.6. The number of aryl methyl sites for hydroxylation is 4. The third kappa shape index (κ3) is 7.33. The molecule has 4 rings (SSSR count). The van der Waals surface area contributed by atoms with Gasteiger partial charge in [-0.2, -0.15) is 0 Å². The fourth-order valence-corrected chi connectivity index (χ4v) is 5.87. The van der Waals surface area contributed by atoms with Gasteiger partial charge < -0.3 is 9.80 Å². The molecule has 0 amide bonds. The first-order chi connectivity index (χ1) is 18.9. The third-order valence-electron chi connectivity index (χ3n) is 6.68. The summed E-state index contributed by atoms with van der Waals surface area (Å²) in [6.45, 7) is 12.6. The van der Waals surface area contributed by atoms with Crippen LogP contribution in [0.2, 0.25) is 0 Å².